The zero-order valence-electron chi connectivity index (χ0n) is 13.4. The van der Waals surface area contributed by atoms with Crippen LogP contribution in [0.5, 0.6) is 11.5 Å². The van der Waals surface area contributed by atoms with E-state index in [0.29, 0.717) is 21.5 Å². The van der Waals surface area contributed by atoms with Crippen LogP contribution in [-0.4, -0.2) is 46.7 Å². The lowest BCUT2D eigenvalue weighted by atomic mass is 9.95. The molecule has 0 aliphatic heterocycles. The number of rotatable bonds is 9. The zero-order chi connectivity index (χ0) is 17.4. The van der Waals surface area contributed by atoms with Crippen LogP contribution in [0.25, 0.3) is 0 Å². The summed E-state index contributed by atoms with van der Waals surface area (Å²) in [5, 5.41) is 0. The Labute approximate surface area is 142 Å². The van der Waals surface area contributed by atoms with Gasteiger partial charge in [-0.05, 0) is 34.5 Å². The quantitative estimate of drug-likeness (QED) is 0.363. The molecule has 0 radical (unpaired) electrons. The second-order valence-electron chi connectivity index (χ2n) is 4.49. The molecular formula is C15H19BrO7. The van der Waals surface area contributed by atoms with Crippen LogP contribution in [-0.2, 0) is 23.8 Å². The Morgan fingerprint density at radius 2 is 1.70 bits per heavy atom. The fraction of sp³-hybridized carbons (Fsp3) is 0.467. The van der Waals surface area contributed by atoms with Gasteiger partial charge in [-0.3, -0.25) is 9.59 Å². The maximum Gasteiger partial charge on any atom is 0.320 e. The molecule has 0 saturated carbocycles. The summed E-state index contributed by atoms with van der Waals surface area (Å²) in [6.45, 7) is 1.31. The van der Waals surface area contributed by atoms with Crippen LogP contribution in [0.3, 0.4) is 0 Å². The number of Topliss-reactive ketones (excluding diaryl/α,β-unsaturated/α-hetero) is 1. The molecule has 0 spiro atoms. The predicted octanol–water partition coefficient (Wildman–Crippen LogP) is 2.26. The van der Waals surface area contributed by atoms with Crippen molar-refractivity contribution in [1.82, 2.24) is 0 Å². The summed E-state index contributed by atoms with van der Waals surface area (Å²) in [5.74, 6) is -1.37. The van der Waals surface area contributed by atoms with Gasteiger partial charge in [0.2, 0.25) is 0 Å². The van der Waals surface area contributed by atoms with E-state index in [1.54, 1.807) is 12.1 Å². The third kappa shape index (κ3) is 5.19. The van der Waals surface area contributed by atoms with Gasteiger partial charge in [0.25, 0.3) is 0 Å². The van der Waals surface area contributed by atoms with Gasteiger partial charge in [-0.2, -0.15) is 0 Å². The number of ether oxygens (including phenoxy) is 5. The molecule has 1 atom stereocenters. The number of methoxy groups -OCH3 is 3. The minimum atomic E-state index is -1.09. The Kier molecular flexibility index (Phi) is 8.01. The molecule has 0 bridgehead atoms. The standard InChI is InChI=1S/C15H19BrO7/c1-9(17)13(15(18)21-4)11-5-10(22-7-19-2)6-12(14(11)16)23-8-20-3/h5-6,13H,7-8H2,1-4H3. The molecule has 0 heterocycles. The van der Waals surface area contributed by atoms with Crippen molar-refractivity contribution in [2.24, 2.45) is 0 Å². The van der Waals surface area contributed by atoms with Gasteiger partial charge in [0, 0.05) is 20.3 Å². The number of hydrogen-bond acceptors (Lipinski definition) is 7. The van der Waals surface area contributed by atoms with Crippen molar-refractivity contribution in [3.05, 3.63) is 22.2 Å². The summed E-state index contributed by atoms with van der Waals surface area (Å²) < 4.78 is 25.7. The van der Waals surface area contributed by atoms with Gasteiger partial charge in [-0.1, -0.05) is 0 Å². The van der Waals surface area contributed by atoms with Gasteiger partial charge >= 0.3 is 5.97 Å². The summed E-state index contributed by atoms with van der Waals surface area (Å²) in [4.78, 5) is 23.9. The molecule has 1 aromatic carbocycles. The third-order valence-corrected chi connectivity index (χ3v) is 3.72. The Bertz CT molecular complexity index is 559. The number of benzene rings is 1. The minimum Gasteiger partial charge on any atom is -0.468 e. The van der Waals surface area contributed by atoms with Crippen LogP contribution >= 0.6 is 15.9 Å². The fourth-order valence-electron chi connectivity index (χ4n) is 1.87. The average Bonchev–Trinajstić information content (AvgIpc) is 2.53. The lowest BCUT2D eigenvalue weighted by Crippen LogP contribution is -2.22. The van der Waals surface area contributed by atoms with Crippen molar-refractivity contribution < 1.29 is 33.3 Å². The van der Waals surface area contributed by atoms with Crippen molar-refractivity contribution in [2.75, 3.05) is 34.9 Å². The third-order valence-electron chi connectivity index (χ3n) is 2.87. The van der Waals surface area contributed by atoms with Crippen molar-refractivity contribution in [3.63, 3.8) is 0 Å². The minimum absolute atomic E-state index is 0.00522. The number of hydrogen-bond donors (Lipinski definition) is 0. The summed E-state index contributed by atoms with van der Waals surface area (Å²) in [6.07, 6.45) is 0. The van der Waals surface area contributed by atoms with Crippen LogP contribution in [0.2, 0.25) is 0 Å². The SMILES string of the molecule is COCOc1cc(OCOC)c(Br)c(C(C(C)=O)C(=O)OC)c1. The summed E-state index contributed by atoms with van der Waals surface area (Å²) >= 11 is 3.35. The van der Waals surface area contributed by atoms with Crippen LogP contribution in [0.1, 0.15) is 18.4 Å². The van der Waals surface area contributed by atoms with E-state index in [0.717, 1.165) is 0 Å². The van der Waals surface area contributed by atoms with Crippen LogP contribution < -0.4 is 9.47 Å². The van der Waals surface area contributed by atoms with Gasteiger partial charge in [0.1, 0.15) is 23.2 Å². The first-order valence-electron chi connectivity index (χ1n) is 6.61. The Balaban J connectivity index is 3.35. The van der Waals surface area contributed by atoms with Crippen molar-refractivity contribution in [2.45, 2.75) is 12.8 Å². The van der Waals surface area contributed by atoms with Crippen LogP contribution in [0.4, 0.5) is 0 Å². The first kappa shape index (κ1) is 19.4. The van der Waals surface area contributed by atoms with E-state index >= 15 is 0 Å². The summed E-state index contributed by atoms with van der Waals surface area (Å²) in [5.41, 5.74) is 0.379. The van der Waals surface area contributed by atoms with E-state index in [1.165, 1.54) is 28.3 Å². The molecule has 0 aliphatic rings. The summed E-state index contributed by atoms with van der Waals surface area (Å²) in [7, 11) is 4.18. The monoisotopic (exact) mass is 390 g/mol. The Morgan fingerprint density at radius 3 is 2.22 bits per heavy atom. The number of ketones is 1. The maximum absolute atomic E-state index is 12.0. The van der Waals surface area contributed by atoms with Gasteiger partial charge in [-0.25, -0.2) is 0 Å². The van der Waals surface area contributed by atoms with Crippen LogP contribution in [0, 0.1) is 0 Å². The first-order valence-corrected chi connectivity index (χ1v) is 7.40. The van der Waals surface area contributed by atoms with Crippen molar-refractivity contribution in [3.8, 4) is 11.5 Å². The predicted molar refractivity (Wildman–Crippen MR) is 84.6 cm³/mol. The zero-order valence-corrected chi connectivity index (χ0v) is 15.0. The molecule has 0 aliphatic carbocycles. The number of carbonyl (C=O) groups excluding carboxylic acids is 2. The molecule has 0 amide bonds. The molecule has 0 fully saturated rings. The maximum atomic E-state index is 12.0. The fourth-order valence-corrected chi connectivity index (χ4v) is 2.44. The highest BCUT2D eigenvalue weighted by atomic mass is 79.9. The van der Waals surface area contributed by atoms with Gasteiger partial charge in [0.05, 0.1) is 11.6 Å². The largest absolute Gasteiger partial charge is 0.468 e. The average molecular weight is 391 g/mol. The van der Waals surface area contributed by atoms with E-state index in [9.17, 15) is 9.59 Å². The highest BCUT2D eigenvalue weighted by molar-refractivity contribution is 9.10. The molecule has 128 valence electrons. The number of halogens is 1. The number of carbonyl (C=O) groups is 2. The second kappa shape index (κ2) is 9.49. The lowest BCUT2D eigenvalue weighted by Gasteiger charge is -2.18. The topological polar surface area (TPSA) is 80.3 Å². The molecular weight excluding hydrogens is 372 g/mol. The van der Waals surface area contributed by atoms with Crippen molar-refractivity contribution in [1.29, 1.82) is 0 Å². The molecule has 1 aromatic rings. The number of esters is 1. The van der Waals surface area contributed by atoms with Gasteiger partial charge in [-0.15, -0.1) is 0 Å². The highest BCUT2D eigenvalue weighted by Crippen LogP contribution is 2.38. The van der Waals surface area contributed by atoms with E-state index in [-0.39, 0.29) is 19.4 Å². The van der Waals surface area contributed by atoms with E-state index in [4.69, 9.17) is 23.7 Å². The molecule has 0 saturated heterocycles. The normalized spacial score (nSPS) is 11.7. The highest BCUT2D eigenvalue weighted by Gasteiger charge is 2.30. The molecule has 0 N–H and O–H groups in total. The second-order valence-corrected chi connectivity index (χ2v) is 5.29. The molecule has 1 rings (SSSR count). The van der Waals surface area contributed by atoms with Gasteiger partial charge < -0.3 is 23.7 Å². The lowest BCUT2D eigenvalue weighted by molar-refractivity contribution is -0.145. The summed E-state index contributed by atoms with van der Waals surface area (Å²) in [6, 6.07) is 3.16. The van der Waals surface area contributed by atoms with E-state index in [2.05, 4.69) is 15.9 Å². The molecule has 7 nitrogen and oxygen atoms in total. The smallest absolute Gasteiger partial charge is 0.320 e. The molecule has 1 unspecified atom stereocenters. The van der Waals surface area contributed by atoms with E-state index < -0.39 is 11.9 Å². The molecule has 23 heavy (non-hydrogen) atoms. The Morgan fingerprint density at radius 1 is 1.09 bits per heavy atom. The Hall–Kier alpha value is -1.64. The van der Waals surface area contributed by atoms with Crippen molar-refractivity contribution >= 4 is 27.7 Å². The first-order chi connectivity index (χ1) is 11.0. The van der Waals surface area contributed by atoms with Crippen LogP contribution in [0.15, 0.2) is 16.6 Å². The molecule has 0 aromatic heterocycles. The molecule has 8 heteroatoms. The van der Waals surface area contributed by atoms with Gasteiger partial charge in [0.15, 0.2) is 13.6 Å². The van der Waals surface area contributed by atoms with E-state index in [1.807, 2.05) is 0 Å².